The lowest BCUT2D eigenvalue weighted by molar-refractivity contribution is -0.131. The minimum atomic E-state index is -0.797. The summed E-state index contributed by atoms with van der Waals surface area (Å²) in [6, 6.07) is 4.32. The highest BCUT2D eigenvalue weighted by atomic mass is 19.2. The van der Waals surface area contributed by atoms with Crippen molar-refractivity contribution in [2.24, 2.45) is 11.8 Å². The molecular formula is C18H24F2N2O2. The summed E-state index contributed by atoms with van der Waals surface area (Å²) in [7, 11) is 3.51. The Hall–Kier alpha value is -1.53. The molecule has 24 heavy (non-hydrogen) atoms. The Bertz CT molecular complexity index is 609. The van der Waals surface area contributed by atoms with Crippen LogP contribution in [0.5, 0.6) is 0 Å². The summed E-state index contributed by atoms with van der Waals surface area (Å²) in [5, 5.41) is 0. The number of hydrogen-bond donors (Lipinski definition) is 0. The molecule has 6 heteroatoms. The zero-order chi connectivity index (χ0) is 17.3. The average molecular weight is 338 g/mol. The molecule has 0 bridgehead atoms. The monoisotopic (exact) mass is 338 g/mol. The minimum absolute atomic E-state index is 0.0158. The van der Waals surface area contributed by atoms with Crippen LogP contribution in [0.3, 0.4) is 0 Å². The van der Waals surface area contributed by atoms with Crippen LogP contribution >= 0.6 is 0 Å². The summed E-state index contributed by atoms with van der Waals surface area (Å²) in [4.78, 5) is 15.7. The van der Waals surface area contributed by atoms with Crippen molar-refractivity contribution in [1.29, 1.82) is 0 Å². The standard InChI is InChI=1S/C18H24F2N2O2/c1-21(2)17(23)8-16-14-6-7-22(10-13(14)11-24-16)9-12-4-3-5-15(19)18(12)20/h3-5,13-14,16H,6-11H2,1-2H3/t13-,14-,16+/m1/s1. The maximum absolute atomic E-state index is 13.8. The fraction of sp³-hybridized carbons (Fsp3) is 0.611. The van der Waals surface area contributed by atoms with Crippen molar-refractivity contribution in [3.05, 3.63) is 35.4 Å². The van der Waals surface area contributed by atoms with Gasteiger partial charge < -0.3 is 9.64 Å². The molecule has 0 saturated carbocycles. The maximum atomic E-state index is 13.8. The molecule has 2 saturated heterocycles. The van der Waals surface area contributed by atoms with Gasteiger partial charge in [0, 0.05) is 38.7 Å². The number of piperidine rings is 1. The summed E-state index contributed by atoms with van der Waals surface area (Å²) >= 11 is 0. The van der Waals surface area contributed by atoms with E-state index in [1.165, 1.54) is 0 Å². The first-order chi connectivity index (χ1) is 11.5. The summed E-state index contributed by atoms with van der Waals surface area (Å²) in [5.41, 5.74) is 0.395. The Morgan fingerprint density at radius 3 is 2.92 bits per heavy atom. The third-order valence-corrected chi connectivity index (χ3v) is 5.18. The lowest BCUT2D eigenvalue weighted by Gasteiger charge is -2.35. The normalized spacial score (nSPS) is 27.1. The van der Waals surface area contributed by atoms with Crippen molar-refractivity contribution in [3.8, 4) is 0 Å². The van der Waals surface area contributed by atoms with Crippen molar-refractivity contribution in [2.75, 3.05) is 33.8 Å². The van der Waals surface area contributed by atoms with Crippen molar-refractivity contribution >= 4 is 5.91 Å². The number of fused-ring (bicyclic) bond motifs is 1. The highest BCUT2D eigenvalue weighted by Gasteiger charge is 2.41. The van der Waals surface area contributed by atoms with Crippen LogP contribution in [0.25, 0.3) is 0 Å². The van der Waals surface area contributed by atoms with E-state index in [1.54, 1.807) is 31.1 Å². The number of benzene rings is 1. The van der Waals surface area contributed by atoms with Gasteiger partial charge in [0.05, 0.1) is 19.1 Å². The Morgan fingerprint density at radius 1 is 1.38 bits per heavy atom. The fourth-order valence-corrected chi connectivity index (χ4v) is 3.78. The van der Waals surface area contributed by atoms with Gasteiger partial charge in [-0.3, -0.25) is 9.69 Å². The van der Waals surface area contributed by atoms with Gasteiger partial charge in [0.2, 0.25) is 5.91 Å². The Kier molecular flexibility index (Phi) is 5.15. The van der Waals surface area contributed by atoms with E-state index >= 15 is 0 Å². The predicted octanol–water partition coefficient (Wildman–Crippen LogP) is 2.28. The lowest BCUT2D eigenvalue weighted by Crippen LogP contribution is -2.42. The number of nitrogens with zero attached hydrogens (tertiary/aromatic N) is 2. The quantitative estimate of drug-likeness (QED) is 0.844. The van der Waals surface area contributed by atoms with Crippen LogP contribution in [0.1, 0.15) is 18.4 Å². The molecule has 0 radical (unpaired) electrons. The fourth-order valence-electron chi connectivity index (χ4n) is 3.78. The molecule has 0 aromatic heterocycles. The summed E-state index contributed by atoms with van der Waals surface area (Å²) < 4.78 is 33.0. The molecule has 0 N–H and O–H groups in total. The van der Waals surface area contributed by atoms with E-state index in [4.69, 9.17) is 4.74 Å². The largest absolute Gasteiger partial charge is 0.377 e. The number of likely N-dealkylation sites (tertiary alicyclic amines) is 1. The molecule has 2 aliphatic heterocycles. The van der Waals surface area contributed by atoms with Gasteiger partial charge in [0.1, 0.15) is 0 Å². The molecule has 1 aromatic carbocycles. The van der Waals surface area contributed by atoms with Gasteiger partial charge in [-0.25, -0.2) is 8.78 Å². The van der Waals surface area contributed by atoms with Gasteiger partial charge in [-0.1, -0.05) is 12.1 Å². The second-order valence-corrected chi connectivity index (χ2v) is 7.02. The van der Waals surface area contributed by atoms with E-state index in [0.29, 0.717) is 37.0 Å². The van der Waals surface area contributed by atoms with Gasteiger partial charge >= 0.3 is 0 Å². The number of hydrogen-bond acceptors (Lipinski definition) is 3. The molecule has 132 valence electrons. The Balaban J connectivity index is 1.58. The number of carbonyl (C=O) groups excluding carboxylic acids is 1. The highest BCUT2D eigenvalue weighted by molar-refractivity contribution is 5.76. The average Bonchev–Trinajstić information content (AvgIpc) is 2.94. The second kappa shape index (κ2) is 7.15. The van der Waals surface area contributed by atoms with Crippen LogP contribution in [0.2, 0.25) is 0 Å². The molecule has 3 rings (SSSR count). The minimum Gasteiger partial charge on any atom is -0.377 e. The predicted molar refractivity (Wildman–Crippen MR) is 86.3 cm³/mol. The molecule has 0 aliphatic carbocycles. The molecule has 1 amide bonds. The van der Waals surface area contributed by atoms with Crippen molar-refractivity contribution in [2.45, 2.75) is 25.5 Å². The topological polar surface area (TPSA) is 32.8 Å². The van der Waals surface area contributed by atoms with Crippen molar-refractivity contribution in [3.63, 3.8) is 0 Å². The van der Waals surface area contributed by atoms with Crippen LogP contribution in [0.15, 0.2) is 18.2 Å². The van der Waals surface area contributed by atoms with E-state index in [1.807, 2.05) is 0 Å². The highest BCUT2D eigenvalue weighted by Crippen LogP contribution is 2.36. The van der Waals surface area contributed by atoms with Gasteiger partial charge in [-0.2, -0.15) is 0 Å². The van der Waals surface area contributed by atoms with Crippen molar-refractivity contribution < 1.29 is 18.3 Å². The third kappa shape index (κ3) is 3.59. The number of rotatable bonds is 4. The van der Waals surface area contributed by atoms with E-state index in [2.05, 4.69) is 4.90 Å². The number of ether oxygens (including phenoxy) is 1. The smallest absolute Gasteiger partial charge is 0.224 e. The first kappa shape index (κ1) is 17.3. The first-order valence-electron chi connectivity index (χ1n) is 8.42. The number of amides is 1. The third-order valence-electron chi connectivity index (χ3n) is 5.18. The van der Waals surface area contributed by atoms with Crippen LogP contribution < -0.4 is 0 Å². The van der Waals surface area contributed by atoms with Gasteiger partial charge in [-0.05, 0) is 24.9 Å². The number of halogens is 2. The maximum Gasteiger partial charge on any atom is 0.224 e. The molecule has 2 fully saturated rings. The van der Waals surface area contributed by atoms with Gasteiger partial charge in [0.15, 0.2) is 11.6 Å². The lowest BCUT2D eigenvalue weighted by atomic mass is 9.83. The van der Waals surface area contributed by atoms with Crippen LogP contribution in [0.4, 0.5) is 8.78 Å². The van der Waals surface area contributed by atoms with Gasteiger partial charge in [0.25, 0.3) is 0 Å². The molecule has 0 spiro atoms. The molecule has 1 aromatic rings. The first-order valence-corrected chi connectivity index (χ1v) is 8.42. The molecule has 2 heterocycles. The molecule has 0 unspecified atom stereocenters. The Labute approximate surface area is 141 Å². The van der Waals surface area contributed by atoms with Crippen LogP contribution in [-0.4, -0.2) is 55.6 Å². The second-order valence-electron chi connectivity index (χ2n) is 7.02. The summed E-state index contributed by atoms with van der Waals surface area (Å²) in [6.07, 6.45) is 1.33. The van der Waals surface area contributed by atoms with E-state index in [-0.39, 0.29) is 12.0 Å². The van der Waals surface area contributed by atoms with Crippen LogP contribution in [0, 0.1) is 23.5 Å². The number of carbonyl (C=O) groups is 1. The molecule has 3 atom stereocenters. The van der Waals surface area contributed by atoms with E-state index in [0.717, 1.165) is 25.6 Å². The zero-order valence-electron chi connectivity index (χ0n) is 14.2. The van der Waals surface area contributed by atoms with Gasteiger partial charge in [-0.15, -0.1) is 0 Å². The SMILES string of the molecule is CN(C)C(=O)C[C@@H]1OC[C@H]2CN(Cc3cccc(F)c3F)CC[C@H]21. The Morgan fingerprint density at radius 2 is 2.17 bits per heavy atom. The van der Waals surface area contributed by atoms with Crippen molar-refractivity contribution in [1.82, 2.24) is 9.80 Å². The van der Waals surface area contributed by atoms with E-state index < -0.39 is 11.6 Å². The molecule has 2 aliphatic rings. The summed E-state index contributed by atoms with van der Waals surface area (Å²) in [6.45, 7) is 2.66. The van der Waals surface area contributed by atoms with Crippen LogP contribution in [-0.2, 0) is 16.1 Å². The molecule has 4 nitrogen and oxygen atoms in total. The summed E-state index contributed by atoms with van der Waals surface area (Å²) in [5.74, 6) is -0.728. The zero-order valence-corrected chi connectivity index (χ0v) is 14.2. The molecular weight excluding hydrogens is 314 g/mol. The van der Waals surface area contributed by atoms with E-state index in [9.17, 15) is 13.6 Å².